The summed E-state index contributed by atoms with van der Waals surface area (Å²) in [6.45, 7) is 0. The average molecular weight is 300 g/mol. The zero-order valence-corrected chi connectivity index (χ0v) is 13.0. The molecule has 4 rings (SSSR count). The lowest BCUT2D eigenvalue weighted by molar-refractivity contribution is 1.30. The third-order valence-electron chi connectivity index (χ3n) is 3.95. The Kier molecular flexibility index (Phi) is 3.49. The zero-order chi connectivity index (χ0) is 14.8. The Bertz CT molecular complexity index is 836. The number of hydrogen-bond acceptors (Lipinski definition) is 1. The van der Waals surface area contributed by atoms with E-state index in [4.69, 9.17) is 0 Å². The minimum Gasteiger partial charge on any atom is -0.134 e. The van der Waals surface area contributed by atoms with Crippen molar-refractivity contribution in [2.45, 2.75) is 6.42 Å². The van der Waals surface area contributed by atoms with E-state index in [2.05, 4.69) is 85.0 Å². The summed E-state index contributed by atoms with van der Waals surface area (Å²) in [6, 6.07) is 21.4. The van der Waals surface area contributed by atoms with Gasteiger partial charge < -0.3 is 0 Å². The van der Waals surface area contributed by atoms with Crippen LogP contribution in [-0.2, 0) is 6.42 Å². The number of hydrogen-bond donors (Lipinski definition) is 0. The van der Waals surface area contributed by atoms with Crippen molar-refractivity contribution in [2.75, 3.05) is 0 Å². The molecule has 1 aromatic heterocycles. The molecule has 0 atom stereocenters. The molecule has 0 nitrogen and oxygen atoms in total. The van der Waals surface area contributed by atoms with Crippen LogP contribution in [0.15, 0.2) is 78.9 Å². The maximum Gasteiger partial charge on any atom is 0.0424 e. The number of allylic oxidation sites excluding steroid dienone is 3. The lowest BCUT2D eigenvalue weighted by Gasteiger charge is -2.03. The van der Waals surface area contributed by atoms with Gasteiger partial charge in [-0.2, -0.15) is 0 Å². The van der Waals surface area contributed by atoms with E-state index < -0.39 is 0 Å². The van der Waals surface area contributed by atoms with E-state index in [1.54, 1.807) is 0 Å². The molecular formula is C21H16S. The smallest absolute Gasteiger partial charge is 0.0424 e. The van der Waals surface area contributed by atoms with Crippen molar-refractivity contribution >= 4 is 17.4 Å². The Morgan fingerprint density at radius 1 is 0.682 bits per heavy atom. The molecule has 0 amide bonds. The van der Waals surface area contributed by atoms with Crippen molar-refractivity contribution < 1.29 is 0 Å². The molecular weight excluding hydrogens is 284 g/mol. The van der Waals surface area contributed by atoms with Crippen LogP contribution in [-0.4, -0.2) is 0 Å². The van der Waals surface area contributed by atoms with Gasteiger partial charge in [0.1, 0.15) is 0 Å². The highest BCUT2D eigenvalue weighted by atomic mass is 32.1. The molecule has 1 heteroatoms. The molecule has 3 aromatic rings. The van der Waals surface area contributed by atoms with Gasteiger partial charge in [0.25, 0.3) is 0 Å². The molecule has 2 aromatic carbocycles. The largest absolute Gasteiger partial charge is 0.134 e. The Balaban J connectivity index is 1.96. The summed E-state index contributed by atoms with van der Waals surface area (Å²) in [5.74, 6) is 0. The molecule has 0 aliphatic heterocycles. The molecule has 106 valence electrons. The van der Waals surface area contributed by atoms with Crippen LogP contribution in [0.25, 0.3) is 27.0 Å². The summed E-state index contributed by atoms with van der Waals surface area (Å²) in [6.07, 6.45) is 9.80. The SMILES string of the molecule is C1=CCc2c(-c3ccccc3)sc(-c3ccccc3)c2C=C1. The minimum atomic E-state index is 0.996. The van der Waals surface area contributed by atoms with Crippen LogP contribution >= 0.6 is 11.3 Å². The first-order chi connectivity index (χ1) is 10.9. The molecule has 0 spiro atoms. The van der Waals surface area contributed by atoms with Gasteiger partial charge in [-0.25, -0.2) is 0 Å². The third kappa shape index (κ3) is 2.34. The van der Waals surface area contributed by atoms with Crippen LogP contribution < -0.4 is 0 Å². The Hall–Kier alpha value is -2.38. The molecule has 0 N–H and O–H groups in total. The molecule has 22 heavy (non-hydrogen) atoms. The lowest BCUT2D eigenvalue weighted by atomic mass is 10.00. The van der Waals surface area contributed by atoms with Crippen LogP contribution in [0.1, 0.15) is 11.1 Å². The summed E-state index contributed by atoms with van der Waals surface area (Å²) in [5, 5.41) is 0. The van der Waals surface area contributed by atoms with E-state index in [1.807, 2.05) is 11.3 Å². The summed E-state index contributed by atoms with van der Waals surface area (Å²) in [7, 11) is 0. The number of thiophene rings is 1. The van der Waals surface area contributed by atoms with Gasteiger partial charge in [-0.05, 0) is 28.7 Å². The summed E-state index contributed by atoms with van der Waals surface area (Å²) in [4.78, 5) is 2.76. The van der Waals surface area contributed by atoms with Gasteiger partial charge in [-0.3, -0.25) is 0 Å². The fourth-order valence-corrected chi connectivity index (χ4v) is 4.23. The van der Waals surface area contributed by atoms with Crippen LogP contribution in [0.5, 0.6) is 0 Å². The third-order valence-corrected chi connectivity index (χ3v) is 5.30. The monoisotopic (exact) mass is 300 g/mol. The number of fused-ring (bicyclic) bond motifs is 1. The maximum absolute atomic E-state index is 2.25. The zero-order valence-electron chi connectivity index (χ0n) is 12.2. The highest BCUT2D eigenvalue weighted by Gasteiger charge is 2.18. The highest BCUT2D eigenvalue weighted by Crippen LogP contribution is 2.43. The molecule has 0 radical (unpaired) electrons. The highest BCUT2D eigenvalue weighted by molar-refractivity contribution is 7.19. The second-order valence-electron chi connectivity index (χ2n) is 5.38. The molecule has 1 heterocycles. The van der Waals surface area contributed by atoms with E-state index in [-0.39, 0.29) is 0 Å². The van der Waals surface area contributed by atoms with E-state index in [0.717, 1.165) is 6.42 Å². The lowest BCUT2D eigenvalue weighted by Crippen LogP contribution is -1.85. The van der Waals surface area contributed by atoms with Crippen molar-refractivity contribution in [2.24, 2.45) is 0 Å². The van der Waals surface area contributed by atoms with E-state index in [0.29, 0.717) is 0 Å². The quantitative estimate of drug-likeness (QED) is 0.528. The van der Waals surface area contributed by atoms with Gasteiger partial charge in [0, 0.05) is 9.75 Å². The number of rotatable bonds is 2. The summed E-state index contributed by atoms with van der Waals surface area (Å²) >= 11 is 1.91. The van der Waals surface area contributed by atoms with E-state index in [1.165, 1.54) is 32.0 Å². The van der Waals surface area contributed by atoms with Gasteiger partial charge in [-0.1, -0.05) is 85.0 Å². The van der Waals surface area contributed by atoms with Gasteiger partial charge in [0.15, 0.2) is 0 Å². The van der Waals surface area contributed by atoms with Crippen LogP contribution in [0.2, 0.25) is 0 Å². The summed E-state index contributed by atoms with van der Waals surface area (Å²) < 4.78 is 0. The molecule has 0 bridgehead atoms. The van der Waals surface area contributed by atoms with Gasteiger partial charge in [0.2, 0.25) is 0 Å². The van der Waals surface area contributed by atoms with E-state index in [9.17, 15) is 0 Å². The average Bonchev–Trinajstić information content (AvgIpc) is 2.78. The van der Waals surface area contributed by atoms with Crippen molar-refractivity contribution in [3.63, 3.8) is 0 Å². The van der Waals surface area contributed by atoms with Crippen LogP contribution in [0.3, 0.4) is 0 Å². The summed E-state index contributed by atoms with van der Waals surface area (Å²) in [5.41, 5.74) is 5.44. The van der Waals surface area contributed by atoms with E-state index >= 15 is 0 Å². The van der Waals surface area contributed by atoms with Gasteiger partial charge in [-0.15, -0.1) is 11.3 Å². The van der Waals surface area contributed by atoms with Crippen molar-refractivity contribution in [1.29, 1.82) is 0 Å². The minimum absolute atomic E-state index is 0.996. The van der Waals surface area contributed by atoms with Crippen molar-refractivity contribution in [1.82, 2.24) is 0 Å². The van der Waals surface area contributed by atoms with Crippen LogP contribution in [0, 0.1) is 0 Å². The normalized spacial score (nSPS) is 12.9. The van der Waals surface area contributed by atoms with Gasteiger partial charge in [0.05, 0.1) is 0 Å². The maximum atomic E-state index is 2.25. The van der Waals surface area contributed by atoms with Crippen LogP contribution in [0.4, 0.5) is 0 Å². The van der Waals surface area contributed by atoms with Gasteiger partial charge >= 0.3 is 0 Å². The molecule has 1 aliphatic carbocycles. The Labute approximate surface area is 135 Å². The topological polar surface area (TPSA) is 0 Å². The fraction of sp³-hybridized carbons (Fsp3) is 0.0476. The van der Waals surface area contributed by atoms with Crippen molar-refractivity contribution in [3.05, 3.63) is 90.0 Å². The fourth-order valence-electron chi connectivity index (χ4n) is 2.90. The first-order valence-corrected chi connectivity index (χ1v) is 8.35. The standard InChI is InChI=1S/C21H16S/c1-4-10-16(11-5-1)20-18-14-8-3-9-15-19(18)21(22-20)17-12-6-2-7-13-17/h1-14H,15H2. The Morgan fingerprint density at radius 3 is 2.00 bits per heavy atom. The first-order valence-electron chi connectivity index (χ1n) is 7.53. The molecule has 0 saturated carbocycles. The molecule has 1 aliphatic rings. The second kappa shape index (κ2) is 5.78. The molecule has 0 saturated heterocycles. The predicted molar refractivity (Wildman–Crippen MR) is 97.1 cm³/mol. The first kappa shape index (κ1) is 13.3. The molecule has 0 fully saturated rings. The second-order valence-corrected chi connectivity index (χ2v) is 6.40. The predicted octanol–water partition coefficient (Wildman–Crippen LogP) is 6.21. The molecule has 0 unspecified atom stereocenters. The number of benzene rings is 2. The van der Waals surface area contributed by atoms with Crippen molar-refractivity contribution in [3.8, 4) is 20.9 Å². The Morgan fingerprint density at radius 2 is 1.32 bits per heavy atom.